The quantitative estimate of drug-likeness (QED) is 0.677. The molecule has 0 unspecified atom stereocenters. The van der Waals surface area contributed by atoms with Gasteiger partial charge in [0.2, 0.25) is 0 Å². The standard InChI is InChI=1S/C12H8ClN3S/c13-8-3-1-2-4-10(8)16-11-5-6-14-7-9(11)15-12(16)17/h1-7H,(H,15,17). The summed E-state index contributed by atoms with van der Waals surface area (Å²) in [5, 5.41) is 0.668. The van der Waals surface area contributed by atoms with Crippen LogP contribution in [0.4, 0.5) is 0 Å². The van der Waals surface area contributed by atoms with Crippen LogP contribution in [-0.2, 0) is 0 Å². The van der Waals surface area contributed by atoms with E-state index in [0.717, 1.165) is 16.7 Å². The maximum absolute atomic E-state index is 6.19. The molecule has 0 amide bonds. The minimum absolute atomic E-state index is 0.612. The van der Waals surface area contributed by atoms with Gasteiger partial charge in [0.25, 0.3) is 0 Å². The average Bonchev–Trinajstić information content (AvgIpc) is 2.66. The van der Waals surface area contributed by atoms with Crippen LogP contribution >= 0.6 is 23.8 Å². The lowest BCUT2D eigenvalue weighted by molar-refractivity contribution is 1.06. The van der Waals surface area contributed by atoms with E-state index < -0.39 is 0 Å². The number of para-hydroxylation sites is 1. The normalized spacial score (nSPS) is 10.9. The fraction of sp³-hybridized carbons (Fsp3) is 0. The number of nitrogens with one attached hydrogen (secondary N) is 1. The van der Waals surface area contributed by atoms with Crippen LogP contribution in [0.3, 0.4) is 0 Å². The first kappa shape index (κ1) is 10.5. The van der Waals surface area contributed by atoms with E-state index in [-0.39, 0.29) is 0 Å². The highest BCUT2D eigenvalue weighted by Crippen LogP contribution is 2.24. The van der Waals surface area contributed by atoms with Crippen LogP contribution in [-0.4, -0.2) is 14.5 Å². The van der Waals surface area contributed by atoms with E-state index in [1.807, 2.05) is 34.9 Å². The summed E-state index contributed by atoms with van der Waals surface area (Å²) in [5.41, 5.74) is 2.74. The van der Waals surface area contributed by atoms with Gasteiger partial charge in [-0.05, 0) is 30.4 Å². The molecule has 3 nitrogen and oxygen atoms in total. The number of hydrogen-bond donors (Lipinski definition) is 1. The number of aromatic amines is 1. The summed E-state index contributed by atoms with van der Waals surface area (Å²) in [6.07, 6.45) is 3.48. The number of aromatic nitrogens is 3. The van der Waals surface area contributed by atoms with Crippen LogP contribution < -0.4 is 0 Å². The van der Waals surface area contributed by atoms with Gasteiger partial charge in [-0.1, -0.05) is 23.7 Å². The zero-order valence-electron chi connectivity index (χ0n) is 8.72. The highest BCUT2D eigenvalue weighted by atomic mass is 35.5. The van der Waals surface area contributed by atoms with E-state index in [1.165, 1.54) is 0 Å². The second kappa shape index (κ2) is 3.98. The molecule has 0 atom stereocenters. The van der Waals surface area contributed by atoms with Gasteiger partial charge in [-0.15, -0.1) is 0 Å². The zero-order valence-corrected chi connectivity index (χ0v) is 10.3. The van der Waals surface area contributed by atoms with Gasteiger partial charge in [0, 0.05) is 6.20 Å². The van der Waals surface area contributed by atoms with Crippen LogP contribution in [0.5, 0.6) is 0 Å². The van der Waals surface area contributed by atoms with Crippen LogP contribution in [0.15, 0.2) is 42.7 Å². The molecule has 2 aromatic heterocycles. The summed E-state index contributed by atoms with van der Waals surface area (Å²) in [6, 6.07) is 9.52. The Morgan fingerprint density at radius 3 is 2.88 bits per heavy atom. The average molecular weight is 262 g/mol. The molecule has 17 heavy (non-hydrogen) atoms. The third-order valence-electron chi connectivity index (χ3n) is 2.58. The molecule has 3 aromatic rings. The number of fused-ring (bicyclic) bond motifs is 1. The van der Waals surface area contributed by atoms with E-state index in [2.05, 4.69) is 9.97 Å². The van der Waals surface area contributed by atoms with E-state index in [9.17, 15) is 0 Å². The van der Waals surface area contributed by atoms with E-state index >= 15 is 0 Å². The highest BCUT2D eigenvalue weighted by molar-refractivity contribution is 7.71. The first-order valence-corrected chi connectivity index (χ1v) is 5.85. The van der Waals surface area contributed by atoms with Gasteiger partial charge in [0.15, 0.2) is 4.77 Å². The molecule has 3 rings (SSSR count). The molecule has 0 aliphatic heterocycles. The number of nitrogens with zero attached hydrogens (tertiary/aromatic N) is 2. The lowest BCUT2D eigenvalue weighted by Crippen LogP contribution is -1.94. The Labute approximate surface area is 108 Å². The molecular weight excluding hydrogens is 254 g/mol. The van der Waals surface area contributed by atoms with Crippen molar-refractivity contribution in [2.45, 2.75) is 0 Å². The van der Waals surface area contributed by atoms with E-state index in [0.29, 0.717) is 9.79 Å². The zero-order chi connectivity index (χ0) is 11.8. The van der Waals surface area contributed by atoms with Crippen molar-refractivity contribution in [1.29, 1.82) is 0 Å². The predicted molar refractivity (Wildman–Crippen MR) is 71.3 cm³/mol. The molecule has 0 bridgehead atoms. The van der Waals surface area contributed by atoms with Crippen LogP contribution in [0.2, 0.25) is 5.02 Å². The first-order valence-electron chi connectivity index (χ1n) is 5.07. The second-order valence-corrected chi connectivity index (χ2v) is 4.40. The van der Waals surface area contributed by atoms with E-state index in [1.54, 1.807) is 12.4 Å². The molecular formula is C12H8ClN3S. The first-order chi connectivity index (χ1) is 8.27. The number of hydrogen-bond acceptors (Lipinski definition) is 2. The maximum atomic E-state index is 6.19. The topological polar surface area (TPSA) is 33.6 Å². The molecule has 1 aromatic carbocycles. The lowest BCUT2D eigenvalue weighted by Gasteiger charge is -2.06. The predicted octanol–water partition coefficient (Wildman–Crippen LogP) is 3.74. The fourth-order valence-electron chi connectivity index (χ4n) is 1.83. The summed E-state index contributed by atoms with van der Waals surface area (Å²) in [5.74, 6) is 0. The number of benzene rings is 1. The molecule has 0 saturated heterocycles. The Morgan fingerprint density at radius 2 is 2.06 bits per heavy atom. The number of halogens is 1. The third-order valence-corrected chi connectivity index (χ3v) is 3.18. The summed E-state index contributed by atoms with van der Waals surface area (Å²) in [7, 11) is 0. The smallest absolute Gasteiger partial charge is 0.182 e. The molecule has 0 aliphatic rings. The second-order valence-electron chi connectivity index (χ2n) is 3.61. The Balaban J connectivity index is 2.42. The lowest BCUT2D eigenvalue weighted by atomic mass is 10.3. The van der Waals surface area contributed by atoms with E-state index in [4.69, 9.17) is 23.8 Å². The van der Waals surface area contributed by atoms with Crippen molar-refractivity contribution >= 4 is 34.9 Å². The van der Waals surface area contributed by atoms with Gasteiger partial charge in [-0.2, -0.15) is 0 Å². The largest absolute Gasteiger partial charge is 0.329 e. The summed E-state index contributed by atoms with van der Waals surface area (Å²) < 4.78 is 2.52. The van der Waals surface area contributed by atoms with Gasteiger partial charge >= 0.3 is 0 Å². The van der Waals surface area contributed by atoms with Crippen molar-refractivity contribution < 1.29 is 0 Å². The monoisotopic (exact) mass is 261 g/mol. The molecule has 84 valence electrons. The summed E-state index contributed by atoms with van der Waals surface area (Å²) in [6.45, 7) is 0. The molecule has 0 aliphatic carbocycles. The van der Waals surface area contributed by atoms with Crippen molar-refractivity contribution in [2.24, 2.45) is 0 Å². The Kier molecular flexibility index (Phi) is 2.46. The minimum Gasteiger partial charge on any atom is -0.329 e. The third kappa shape index (κ3) is 1.66. The molecule has 1 N–H and O–H groups in total. The van der Waals surface area contributed by atoms with Crippen molar-refractivity contribution in [3.8, 4) is 5.69 Å². The Bertz CT molecular complexity index is 745. The van der Waals surface area contributed by atoms with Gasteiger partial charge in [-0.3, -0.25) is 9.55 Å². The Morgan fingerprint density at radius 1 is 1.24 bits per heavy atom. The van der Waals surface area contributed by atoms with Crippen molar-refractivity contribution in [3.05, 3.63) is 52.5 Å². The summed E-state index contributed by atoms with van der Waals surface area (Å²) in [4.78, 5) is 7.17. The fourth-order valence-corrected chi connectivity index (χ4v) is 2.36. The molecule has 0 radical (unpaired) electrons. The molecule has 0 saturated carbocycles. The molecule has 2 heterocycles. The van der Waals surface area contributed by atoms with Gasteiger partial charge in [0.1, 0.15) is 0 Å². The maximum Gasteiger partial charge on any atom is 0.182 e. The minimum atomic E-state index is 0.612. The van der Waals surface area contributed by atoms with Crippen molar-refractivity contribution in [1.82, 2.24) is 14.5 Å². The Hall–Kier alpha value is -1.65. The van der Waals surface area contributed by atoms with Gasteiger partial charge in [0.05, 0.1) is 27.9 Å². The molecule has 0 fully saturated rings. The molecule has 5 heteroatoms. The number of rotatable bonds is 1. The summed E-state index contributed by atoms with van der Waals surface area (Å²) >= 11 is 11.5. The number of imidazole rings is 1. The van der Waals surface area contributed by atoms with Gasteiger partial charge < -0.3 is 4.98 Å². The van der Waals surface area contributed by atoms with Gasteiger partial charge in [-0.25, -0.2) is 0 Å². The van der Waals surface area contributed by atoms with Crippen LogP contribution in [0, 0.1) is 4.77 Å². The number of H-pyrrole nitrogens is 1. The van der Waals surface area contributed by atoms with Crippen molar-refractivity contribution in [3.63, 3.8) is 0 Å². The van der Waals surface area contributed by atoms with Crippen LogP contribution in [0.1, 0.15) is 0 Å². The SMILES string of the molecule is S=c1[nH]c2cnccc2n1-c1ccccc1Cl. The number of pyridine rings is 1. The molecule has 0 spiro atoms. The van der Waals surface area contributed by atoms with Crippen LogP contribution in [0.25, 0.3) is 16.7 Å². The highest BCUT2D eigenvalue weighted by Gasteiger charge is 2.08. The van der Waals surface area contributed by atoms with Crippen molar-refractivity contribution in [2.75, 3.05) is 0 Å².